The van der Waals surface area contributed by atoms with E-state index in [0.29, 0.717) is 11.1 Å². The fraction of sp³-hybridized carbons (Fsp3) is 0. The van der Waals surface area contributed by atoms with E-state index in [-0.39, 0.29) is 11.7 Å². The first kappa shape index (κ1) is 14.5. The van der Waals surface area contributed by atoms with Crippen molar-refractivity contribution in [3.63, 3.8) is 0 Å². The minimum Gasteiger partial charge on any atom is -0.384 e. The van der Waals surface area contributed by atoms with Gasteiger partial charge in [-0.25, -0.2) is 4.98 Å². The molecule has 0 saturated carbocycles. The molecule has 0 amide bonds. The van der Waals surface area contributed by atoms with Gasteiger partial charge in [-0.3, -0.25) is 10.8 Å². The number of imidazole rings is 1. The molecule has 3 rings (SSSR count). The van der Waals surface area contributed by atoms with E-state index < -0.39 is 0 Å². The number of nitrogens with two attached hydrogens (primary N) is 2. The lowest BCUT2D eigenvalue weighted by atomic mass is 10.1. The van der Waals surface area contributed by atoms with Crippen LogP contribution < -0.4 is 11.5 Å². The molecule has 0 spiro atoms. The van der Waals surface area contributed by atoms with Crippen LogP contribution in [-0.2, 0) is 0 Å². The second kappa shape index (κ2) is 5.76. The van der Waals surface area contributed by atoms with E-state index in [9.17, 15) is 0 Å². The number of benzene rings is 2. The molecule has 0 aliphatic carbocycles. The molecule has 3 aromatic rings. The zero-order valence-corrected chi connectivity index (χ0v) is 12.3. The van der Waals surface area contributed by atoms with Gasteiger partial charge >= 0.3 is 0 Å². The topological polar surface area (TPSA) is 118 Å². The Kier molecular flexibility index (Phi) is 3.64. The zero-order valence-electron chi connectivity index (χ0n) is 12.3. The quantitative estimate of drug-likeness (QED) is 0.436. The molecule has 0 atom stereocenters. The summed E-state index contributed by atoms with van der Waals surface area (Å²) >= 11 is 0. The number of amidine groups is 2. The van der Waals surface area contributed by atoms with Gasteiger partial charge in [0.15, 0.2) is 0 Å². The van der Waals surface area contributed by atoms with Crippen molar-refractivity contribution in [2.45, 2.75) is 0 Å². The van der Waals surface area contributed by atoms with Crippen LogP contribution in [0.1, 0.15) is 11.1 Å². The molecule has 0 radical (unpaired) electrons. The van der Waals surface area contributed by atoms with Gasteiger partial charge in [0.25, 0.3) is 0 Å². The van der Waals surface area contributed by atoms with Gasteiger partial charge in [-0.05, 0) is 24.3 Å². The predicted molar refractivity (Wildman–Crippen MR) is 91.0 cm³/mol. The van der Waals surface area contributed by atoms with E-state index in [0.717, 1.165) is 16.9 Å². The zero-order chi connectivity index (χ0) is 16.4. The van der Waals surface area contributed by atoms with E-state index in [1.807, 2.05) is 35.0 Å². The Bertz CT molecular complexity index is 787. The highest BCUT2D eigenvalue weighted by Gasteiger charge is 2.05. The van der Waals surface area contributed by atoms with Crippen molar-refractivity contribution in [1.29, 1.82) is 10.8 Å². The molecule has 6 heteroatoms. The maximum Gasteiger partial charge on any atom is 0.122 e. The Balaban J connectivity index is 1.87. The van der Waals surface area contributed by atoms with Gasteiger partial charge in [0.1, 0.15) is 11.7 Å². The Morgan fingerprint density at radius 2 is 1.35 bits per heavy atom. The smallest absolute Gasteiger partial charge is 0.122 e. The summed E-state index contributed by atoms with van der Waals surface area (Å²) in [6.45, 7) is 0. The maximum atomic E-state index is 7.41. The molecule has 0 unspecified atom stereocenters. The first-order chi connectivity index (χ1) is 11.0. The van der Waals surface area contributed by atoms with Gasteiger partial charge in [-0.15, -0.1) is 0 Å². The molecule has 1 heterocycles. The molecular formula is C17H16N6. The van der Waals surface area contributed by atoms with Crippen molar-refractivity contribution >= 4 is 11.7 Å². The summed E-state index contributed by atoms with van der Waals surface area (Å²) in [6.07, 6.45) is 3.66. The maximum absolute atomic E-state index is 7.41. The SMILES string of the molecule is N=C(N)c1ccc(-c2cn(-c3ccc(C(=N)N)cc3)cn2)cc1. The Labute approximate surface area is 133 Å². The molecule has 0 saturated heterocycles. The van der Waals surface area contributed by atoms with Crippen molar-refractivity contribution < 1.29 is 0 Å². The molecule has 6 N–H and O–H groups in total. The van der Waals surface area contributed by atoms with E-state index in [4.69, 9.17) is 22.3 Å². The second-order valence-electron chi connectivity index (χ2n) is 5.12. The van der Waals surface area contributed by atoms with Crippen LogP contribution in [0.4, 0.5) is 0 Å². The highest BCUT2D eigenvalue weighted by Crippen LogP contribution is 2.19. The summed E-state index contributed by atoms with van der Waals surface area (Å²) < 4.78 is 1.90. The second-order valence-corrected chi connectivity index (χ2v) is 5.12. The minimum atomic E-state index is 0.0487. The number of nitrogen functional groups attached to an aromatic ring is 2. The minimum absolute atomic E-state index is 0.0487. The molecule has 0 aliphatic heterocycles. The lowest BCUT2D eigenvalue weighted by Crippen LogP contribution is -2.10. The fourth-order valence-corrected chi connectivity index (χ4v) is 2.25. The monoisotopic (exact) mass is 304 g/mol. The van der Waals surface area contributed by atoms with Gasteiger partial charge in [-0.2, -0.15) is 0 Å². The standard InChI is InChI=1S/C17H16N6/c18-16(19)12-3-1-11(2-4-12)15-9-23(10-22-15)14-7-5-13(6-8-14)17(20)21/h1-10H,(H3,18,19)(H3,20,21). The molecule has 0 fully saturated rings. The third kappa shape index (κ3) is 2.96. The highest BCUT2D eigenvalue weighted by atomic mass is 15.0. The van der Waals surface area contributed by atoms with E-state index >= 15 is 0 Å². The molecular weight excluding hydrogens is 288 g/mol. The average molecular weight is 304 g/mol. The van der Waals surface area contributed by atoms with Gasteiger partial charge in [-0.1, -0.05) is 24.3 Å². The summed E-state index contributed by atoms with van der Waals surface area (Å²) in [4.78, 5) is 4.41. The molecule has 0 aliphatic rings. The van der Waals surface area contributed by atoms with E-state index in [1.54, 1.807) is 30.6 Å². The number of nitrogens with one attached hydrogen (secondary N) is 2. The van der Waals surface area contributed by atoms with Crippen molar-refractivity contribution in [3.05, 3.63) is 72.2 Å². The van der Waals surface area contributed by atoms with Crippen molar-refractivity contribution in [2.24, 2.45) is 11.5 Å². The van der Waals surface area contributed by atoms with Crippen LogP contribution in [0.25, 0.3) is 16.9 Å². The lowest BCUT2D eigenvalue weighted by Gasteiger charge is -2.03. The van der Waals surface area contributed by atoms with Crippen molar-refractivity contribution in [2.75, 3.05) is 0 Å². The van der Waals surface area contributed by atoms with Crippen molar-refractivity contribution in [1.82, 2.24) is 9.55 Å². The first-order valence-corrected chi connectivity index (χ1v) is 6.98. The third-order valence-electron chi connectivity index (χ3n) is 3.55. The number of nitrogens with zero attached hydrogens (tertiary/aromatic N) is 2. The van der Waals surface area contributed by atoms with Crippen molar-refractivity contribution in [3.8, 4) is 16.9 Å². The summed E-state index contributed by atoms with van der Waals surface area (Å²) in [5.41, 5.74) is 15.0. The first-order valence-electron chi connectivity index (χ1n) is 6.98. The predicted octanol–water partition coefficient (Wildman–Crippen LogP) is 2.11. The molecule has 6 nitrogen and oxygen atoms in total. The molecule has 0 bridgehead atoms. The van der Waals surface area contributed by atoms with Gasteiger partial charge in [0, 0.05) is 28.6 Å². The van der Waals surface area contributed by atoms with Crippen LogP contribution in [0, 0.1) is 10.8 Å². The van der Waals surface area contributed by atoms with Crippen LogP contribution in [0.3, 0.4) is 0 Å². The van der Waals surface area contributed by atoms with Crippen LogP contribution in [0.5, 0.6) is 0 Å². The number of hydrogen-bond donors (Lipinski definition) is 4. The largest absolute Gasteiger partial charge is 0.384 e. The molecule has 23 heavy (non-hydrogen) atoms. The average Bonchev–Trinajstić information content (AvgIpc) is 3.05. The Hall–Kier alpha value is -3.41. The number of rotatable bonds is 4. The van der Waals surface area contributed by atoms with Gasteiger partial charge in [0.05, 0.1) is 12.0 Å². The lowest BCUT2D eigenvalue weighted by molar-refractivity contribution is 1.06. The third-order valence-corrected chi connectivity index (χ3v) is 3.55. The van der Waals surface area contributed by atoms with Crippen LogP contribution in [-0.4, -0.2) is 21.2 Å². The summed E-state index contributed by atoms with van der Waals surface area (Å²) in [7, 11) is 0. The van der Waals surface area contributed by atoms with Crippen LogP contribution in [0.15, 0.2) is 61.1 Å². The molecule has 1 aromatic heterocycles. The molecule has 2 aromatic carbocycles. The summed E-state index contributed by atoms with van der Waals surface area (Å²) in [5.74, 6) is 0.0982. The Morgan fingerprint density at radius 1 is 0.826 bits per heavy atom. The normalized spacial score (nSPS) is 10.4. The van der Waals surface area contributed by atoms with Gasteiger partial charge < -0.3 is 16.0 Å². The molecule has 114 valence electrons. The fourth-order valence-electron chi connectivity index (χ4n) is 2.25. The Morgan fingerprint density at radius 3 is 1.87 bits per heavy atom. The number of hydrogen-bond acceptors (Lipinski definition) is 3. The summed E-state index contributed by atoms with van der Waals surface area (Å²) in [5, 5.41) is 14.8. The summed E-state index contributed by atoms with van der Waals surface area (Å²) in [6, 6.07) is 14.8. The van der Waals surface area contributed by atoms with Crippen LogP contribution >= 0.6 is 0 Å². The highest BCUT2D eigenvalue weighted by molar-refractivity contribution is 5.95. The van der Waals surface area contributed by atoms with Crippen LogP contribution in [0.2, 0.25) is 0 Å². The van der Waals surface area contributed by atoms with E-state index in [2.05, 4.69) is 4.98 Å². The number of aromatic nitrogens is 2. The van der Waals surface area contributed by atoms with Gasteiger partial charge in [0.2, 0.25) is 0 Å². The van der Waals surface area contributed by atoms with E-state index in [1.165, 1.54) is 0 Å².